The van der Waals surface area contributed by atoms with Gasteiger partial charge in [-0.3, -0.25) is 10.1 Å². The molecule has 226 valence electrons. The molecule has 0 saturated carbocycles. The molecule has 3 nitrogen and oxygen atoms in total. The molecular weight excluding hydrogens is 484 g/mol. The zero-order chi connectivity index (χ0) is 27.4. The quantitative estimate of drug-likeness (QED) is 0.0907. The Morgan fingerprint density at radius 1 is 0.579 bits per heavy atom. The standard InChI is InChI=1S/C34H68N2OS/c1-3-5-7-9-11-13-15-16-17-18-19-20-22-24-26-28-30-35-34(37)32-31-38-33(36-32)29-27-25-23-21-14-12-10-8-6-4-2/h32-33,36H,3-31H2,1-2H3,(H,35,37)/t32-,33?/m1/s1. The Balaban J connectivity index is 1.80. The number of hydrogen-bond acceptors (Lipinski definition) is 3. The molecule has 2 N–H and O–H groups in total. The van der Waals surface area contributed by atoms with E-state index < -0.39 is 0 Å². The summed E-state index contributed by atoms with van der Waals surface area (Å²) in [5, 5.41) is 7.25. The number of amides is 1. The third-order valence-electron chi connectivity index (χ3n) is 8.32. The highest BCUT2D eigenvalue weighted by atomic mass is 32.2. The molecule has 0 aromatic heterocycles. The third kappa shape index (κ3) is 22.6. The predicted octanol–water partition coefficient (Wildman–Crippen LogP) is 10.7. The van der Waals surface area contributed by atoms with Crippen molar-refractivity contribution in [1.29, 1.82) is 0 Å². The van der Waals surface area contributed by atoms with E-state index in [9.17, 15) is 4.79 Å². The smallest absolute Gasteiger partial charge is 0.238 e. The lowest BCUT2D eigenvalue weighted by Gasteiger charge is -2.13. The van der Waals surface area contributed by atoms with Crippen LogP contribution in [-0.2, 0) is 4.79 Å². The summed E-state index contributed by atoms with van der Waals surface area (Å²) >= 11 is 1.95. The number of carbonyl (C=O) groups is 1. The molecule has 1 unspecified atom stereocenters. The van der Waals surface area contributed by atoms with Crippen LogP contribution in [0, 0.1) is 0 Å². The first-order valence-corrected chi connectivity index (χ1v) is 18.5. The molecule has 1 saturated heterocycles. The van der Waals surface area contributed by atoms with Crippen molar-refractivity contribution < 1.29 is 4.79 Å². The van der Waals surface area contributed by atoms with Crippen molar-refractivity contribution in [2.45, 2.75) is 199 Å². The van der Waals surface area contributed by atoms with E-state index in [4.69, 9.17) is 0 Å². The highest BCUT2D eigenvalue weighted by molar-refractivity contribution is 8.00. The Kier molecular flexibility index (Phi) is 26.7. The van der Waals surface area contributed by atoms with E-state index in [1.165, 1.54) is 167 Å². The van der Waals surface area contributed by atoms with Crippen molar-refractivity contribution in [3.05, 3.63) is 0 Å². The number of nitrogens with one attached hydrogen (secondary N) is 2. The van der Waals surface area contributed by atoms with E-state index in [1.807, 2.05) is 11.8 Å². The van der Waals surface area contributed by atoms with Crippen LogP contribution in [0.3, 0.4) is 0 Å². The molecular formula is C34H68N2OS. The lowest BCUT2D eigenvalue weighted by Crippen LogP contribution is -2.44. The van der Waals surface area contributed by atoms with Crippen LogP contribution < -0.4 is 10.6 Å². The summed E-state index contributed by atoms with van der Waals surface area (Å²) in [5.74, 6) is 1.16. The van der Waals surface area contributed by atoms with Gasteiger partial charge in [-0.15, -0.1) is 11.8 Å². The van der Waals surface area contributed by atoms with Gasteiger partial charge < -0.3 is 5.32 Å². The van der Waals surface area contributed by atoms with Gasteiger partial charge >= 0.3 is 0 Å². The maximum absolute atomic E-state index is 12.5. The van der Waals surface area contributed by atoms with Gasteiger partial charge in [0.05, 0.1) is 11.4 Å². The van der Waals surface area contributed by atoms with Crippen LogP contribution in [0.15, 0.2) is 0 Å². The molecule has 0 aromatic carbocycles. The average molecular weight is 553 g/mol. The molecule has 0 radical (unpaired) electrons. The second-order valence-electron chi connectivity index (χ2n) is 12.1. The minimum absolute atomic E-state index is 0.0224. The van der Waals surface area contributed by atoms with Crippen LogP contribution in [0.1, 0.15) is 187 Å². The first kappa shape index (κ1) is 35.8. The fraction of sp³-hybridized carbons (Fsp3) is 0.971. The molecule has 0 aromatic rings. The summed E-state index contributed by atoms with van der Waals surface area (Å²) in [6.45, 7) is 5.43. The van der Waals surface area contributed by atoms with E-state index in [1.54, 1.807) is 0 Å². The minimum atomic E-state index is 0.0224. The van der Waals surface area contributed by atoms with Gasteiger partial charge in [-0.1, -0.05) is 174 Å². The summed E-state index contributed by atoms with van der Waals surface area (Å²) < 4.78 is 0. The third-order valence-corrected chi connectivity index (χ3v) is 9.62. The molecule has 38 heavy (non-hydrogen) atoms. The first-order chi connectivity index (χ1) is 18.8. The first-order valence-electron chi connectivity index (χ1n) is 17.4. The molecule has 0 bridgehead atoms. The van der Waals surface area contributed by atoms with Crippen molar-refractivity contribution >= 4 is 17.7 Å². The molecule has 1 rings (SSSR count). The molecule has 1 amide bonds. The van der Waals surface area contributed by atoms with Crippen molar-refractivity contribution in [3.63, 3.8) is 0 Å². The molecule has 2 atom stereocenters. The van der Waals surface area contributed by atoms with Gasteiger partial charge in [0.25, 0.3) is 0 Å². The second-order valence-corrected chi connectivity index (χ2v) is 13.3. The number of thioether (sulfide) groups is 1. The molecule has 4 heteroatoms. The maximum atomic E-state index is 12.5. The fourth-order valence-corrected chi connectivity index (χ4v) is 6.94. The van der Waals surface area contributed by atoms with Crippen molar-refractivity contribution in [2.75, 3.05) is 12.3 Å². The highest BCUT2D eigenvalue weighted by Gasteiger charge is 2.28. The summed E-state index contributed by atoms with van der Waals surface area (Å²) in [5.41, 5.74) is 0. The zero-order valence-corrected chi connectivity index (χ0v) is 26.8. The van der Waals surface area contributed by atoms with Crippen LogP contribution in [-0.4, -0.2) is 29.6 Å². The molecule has 0 spiro atoms. The van der Waals surface area contributed by atoms with Crippen LogP contribution in [0.25, 0.3) is 0 Å². The Bertz CT molecular complexity index is 501. The van der Waals surface area contributed by atoms with Crippen LogP contribution >= 0.6 is 11.8 Å². The maximum Gasteiger partial charge on any atom is 0.238 e. The largest absolute Gasteiger partial charge is 0.355 e. The Morgan fingerprint density at radius 3 is 1.37 bits per heavy atom. The molecule has 1 aliphatic rings. The Morgan fingerprint density at radius 2 is 0.947 bits per heavy atom. The van der Waals surface area contributed by atoms with E-state index in [0.717, 1.165) is 18.7 Å². The van der Waals surface area contributed by atoms with Gasteiger partial charge in [0.15, 0.2) is 0 Å². The second kappa shape index (κ2) is 28.3. The normalized spacial score (nSPS) is 17.3. The van der Waals surface area contributed by atoms with E-state index in [2.05, 4.69) is 24.5 Å². The number of carbonyl (C=O) groups excluding carboxylic acids is 1. The van der Waals surface area contributed by atoms with Gasteiger partial charge in [-0.2, -0.15) is 0 Å². The Hall–Kier alpha value is -0.220. The average Bonchev–Trinajstić information content (AvgIpc) is 3.40. The van der Waals surface area contributed by atoms with Crippen LogP contribution in [0.4, 0.5) is 0 Å². The van der Waals surface area contributed by atoms with E-state index in [-0.39, 0.29) is 11.9 Å². The van der Waals surface area contributed by atoms with Gasteiger partial charge in [0, 0.05) is 12.3 Å². The van der Waals surface area contributed by atoms with Gasteiger partial charge in [0.2, 0.25) is 5.91 Å². The molecule has 1 fully saturated rings. The van der Waals surface area contributed by atoms with Crippen molar-refractivity contribution in [3.8, 4) is 0 Å². The molecule has 1 heterocycles. The minimum Gasteiger partial charge on any atom is -0.355 e. The van der Waals surface area contributed by atoms with Gasteiger partial charge in [-0.25, -0.2) is 0 Å². The summed E-state index contributed by atoms with van der Waals surface area (Å²) in [4.78, 5) is 12.5. The summed E-state index contributed by atoms with van der Waals surface area (Å²) in [7, 11) is 0. The summed E-state index contributed by atoms with van der Waals surface area (Å²) in [6, 6.07) is 0.0224. The SMILES string of the molecule is CCCCCCCCCCCCCCCCCCNC(=O)[C@H]1CSC(CCCCCCCCCCCC)N1. The highest BCUT2D eigenvalue weighted by Crippen LogP contribution is 2.24. The van der Waals surface area contributed by atoms with Crippen LogP contribution in [0.5, 0.6) is 0 Å². The van der Waals surface area contributed by atoms with Crippen molar-refractivity contribution in [2.24, 2.45) is 0 Å². The number of rotatable bonds is 29. The molecule has 1 aliphatic heterocycles. The van der Waals surface area contributed by atoms with E-state index in [0.29, 0.717) is 5.37 Å². The predicted molar refractivity (Wildman–Crippen MR) is 172 cm³/mol. The monoisotopic (exact) mass is 553 g/mol. The van der Waals surface area contributed by atoms with Gasteiger partial charge in [-0.05, 0) is 12.8 Å². The van der Waals surface area contributed by atoms with Crippen LogP contribution in [0.2, 0.25) is 0 Å². The topological polar surface area (TPSA) is 41.1 Å². The zero-order valence-electron chi connectivity index (χ0n) is 26.0. The van der Waals surface area contributed by atoms with E-state index >= 15 is 0 Å². The number of unbranched alkanes of at least 4 members (excludes halogenated alkanes) is 24. The van der Waals surface area contributed by atoms with Crippen molar-refractivity contribution in [1.82, 2.24) is 10.6 Å². The lowest BCUT2D eigenvalue weighted by molar-refractivity contribution is -0.122. The molecule has 0 aliphatic carbocycles. The number of hydrogen-bond donors (Lipinski definition) is 2. The summed E-state index contributed by atoms with van der Waals surface area (Å²) in [6.07, 6.45) is 37.3. The fourth-order valence-electron chi connectivity index (χ4n) is 5.68. The Labute approximate surface area is 243 Å². The lowest BCUT2D eigenvalue weighted by atomic mass is 10.0. The van der Waals surface area contributed by atoms with Gasteiger partial charge in [0.1, 0.15) is 0 Å².